The molecule has 6 nitrogen and oxygen atoms in total. The molecule has 1 aliphatic heterocycles. The van der Waals surface area contributed by atoms with Gasteiger partial charge in [0.25, 0.3) is 0 Å². The number of rotatable bonds is 4. The zero-order chi connectivity index (χ0) is 16.2. The Morgan fingerprint density at radius 1 is 1.23 bits per heavy atom. The number of sulfonamides is 1. The summed E-state index contributed by atoms with van der Waals surface area (Å²) in [4.78, 5) is 12.0. The monoisotopic (exact) mass is 325 g/mol. The predicted octanol–water partition coefficient (Wildman–Crippen LogP) is 1.47. The average molecular weight is 325 g/mol. The molecular formula is C15H23N3O3S. The number of nitrogens with one attached hydrogen (secondary N) is 2. The van der Waals surface area contributed by atoms with Gasteiger partial charge in [-0.2, -0.15) is 0 Å². The van der Waals surface area contributed by atoms with Crippen molar-refractivity contribution in [1.82, 2.24) is 14.9 Å². The van der Waals surface area contributed by atoms with E-state index in [0.717, 1.165) is 5.56 Å². The quantitative estimate of drug-likeness (QED) is 0.880. The molecule has 0 bridgehead atoms. The molecule has 22 heavy (non-hydrogen) atoms. The van der Waals surface area contributed by atoms with E-state index in [-0.39, 0.29) is 18.1 Å². The zero-order valence-electron chi connectivity index (χ0n) is 13.0. The molecule has 0 radical (unpaired) electrons. The Hall–Kier alpha value is -1.60. The van der Waals surface area contributed by atoms with Crippen molar-refractivity contribution in [3.05, 3.63) is 35.9 Å². The number of hydrogen-bond donors (Lipinski definition) is 2. The van der Waals surface area contributed by atoms with Gasteiger partial charge in [-0.3, -0.25) is 0 Å². The number of hydrogen-bond acceptors (Lipinski definition) is 3. The molecule has 1 aliphatic rings. The molecule has 1 fully saturated rings. The fraction of sp³-hybridized carbons (Fsp3) is 0.533. The smallest absolute Gasteiger partial charge is 0.315 e. The van der Waals surface area contributed by atoms with E-state index >= 15 is 0 Å². The van der Waals surface area contributed by atoms with Gasteiger partial charge >= 0.3 is 6.03 Å². The topological polar surface area (TPSA) is 78.5 Å². The van der Waals surface area contributed by atoms with E-state index in [1.54, 1.807) is 0 Å². The fourth-order valence-electron chi connectivity index (χ4n) is 2.58. The Morgan fingerprint density at radius 2 is 1.82 bits per heavy atom. The molecule has 1 saturated heterocycles. The molecule has 0 saturated carbocycles. The molecule has 1 atom stereocenters. The molecule has 7 heteroatoms. The van der Waals surface area contributed by atoms with Gasteiger partial charge in [0.05, 0.1) is 12.3 Å². The molecule has 1 unspecified atom stereocenters. The number of carbonyl (C=O) groups is 1. The molecule has 0 aromatic heterocycles. The van der Waals surface area contributed by atoms with Gasteiger partial charge in [-0.05, 0) is 25.3 Å². The minimum atomic E-state index is -3.13. The van der Waals surface area contributed by atoms with Gasteiger partial charge in [-0.15, -0.1) is 0 Å². The van der Waals surface area contributed by atoms with Crippen LogP contribution < -0.4 is 10.6 Å². The molecule has 2 rings (SSSR count). The van der Waals surface area contributed by atoms with Gasteiger partial charge in [-0.1, -0.05) is 30.3 Å². The normalized spacial score (nSPS) is 18.6. The summed E-state index contributed by atoms with van der Waals surface area (Å²) in [6.45, 7) is 2.84. The summed E-state index contributed by atoms with van der Waals surface area (Å²) >= 11 is 0. The Balaban J connectivity index is 1.79. The van der Waals surface area contributed by atoms with Crippen molar-refractivity contribution in [3.8, 4) is 0 Å². The summed E-state index contributed by atoms with van der Waals surface area (Å²) in [6.07, 6.45) is 2.50. The number of piperidine rings is 1. The second-order valence-corrected chi connectivity index (χ2v) is 7.67. The van der Waals surface area contributed by atoms with E-state index < -0.39 is 10.0 Å². The highest BCUT2D eigenvalue weighted by Gasteiger charge is 2.25. The highest BCUT2D eigenvalue weighted by Crippen LogP contribution is 2.14. The maximum Gasteiger partial charge on any atom is 0.315 e. The summed E-state index contributed by atoms with van der Waals surface area (Å²) < 4.78 is 24.3. The van der Waals surface area contributed by atoms with Crippen LogP contribution >= 0.6 is 0 Å². The van der Waals surface area contributed by atoms with E-state index in [2.05, 4.69) is 10.6 Å². The summed E-state index contributed by atoms with van der Waals surface area (Å²) in [5.41, 5.74) is 1.05. The highest BCUT2D eigenvalue weighted by molar-refractivity contribution is 7.88. The first-order chi connectivity index (χ1) is 10.4. The van der Waals surface area contributed by atoms with Crippen LogP contribution in [0.5, 0.6) is 0 Å². The molecule has 1 aromatic carbocycles. The van der Waals surface area contributed by atoms with Gasteiger partial charge in [0.2, 0.25) is 10.0 Å². The summed E-state index contributed by atoms with van der Waals surface area (Å²) in [6, 6.07) is 9.47. The predicted molar refractivity (Wildman–Crippen MR) is 86.0 cm³/mol. The van der Waals surface area contributed by atoms with Gasteiger partial charge in [-0.25, -0.2) is 17.5 Å². The Labute approximate surface area is 131 Å². The van der Waals surface area contributed by atoms with Crippen LogP contribution in [0.2, 0.25) is 0 Å². The van der Waals surface area contributed by atoms with Crippen molar-refractivity contribution in [3.63, 3.8) is 0 Å². The lowest BCUT2D eigenvalue weighted by atomic mass is 10.1. The van der Waals surface area contributed by atoms with Crippen molar-refractivity contribution < 1.29 is 13.2 Å². The van der Waals surface area contributed by atoms with Crippen LogP contribution in [-0.4, -0.2) is 44.1 Å². The largest absolute Gasteiger partial charge is 0.335 e. The van der Waals surface area contributed by atoms with E-state index in [1.165, 1.54) is 10.6 Å². The summed E-state index contributed by atoms with van der Waals surface area (Å²) in [7, 11) is -3.13. The first kappa shape index (κ1) is 16.8. The third-order valence-corrected chi connectivity index (χ3v) is 5.21. The number of benzene rings is 1. The first-order valence-corrected chi connectivity index (χ1v) is 9.28. The molecular weight excluding hydrogens is 302 g/mol. The number of urea groups is 1. The number of nitrogens with zero attached hydrogens (tertiary/aromatic N) is 1. The first-order valence-electron chi connectivity index (χ1n) is 7.43. The maximum atomic E-state index is 12.0. The van der Waals surface area contributed by atoms with E-state index in [9.17, 15) is 13.2 Å². The summed E-state index contributed by atoms with van der Waals surface area (Å²) in [5, 5.41) is 5.82. The maximum absolute atomic E-state index is 12.0. The van der Waals surface area contributed by atoms with E-state index in [1.807, 2.05) is 37.3 Å². The SMILES string of the molecule is CC(NC(=O)NC1CCN(S(C)(=O)=O)CC1)c1ccccc1. The second kappa shape index (κ2) is 7.11. The lowest BCUT2D eigenvalue weighted by molar-refractivity contribution is 0.225. The van der Waals surface area contributed by atoms with Gasteiger partial charge < -0.3 is 10.6 Å². The van der Waals surface area contributed by atoms with Crippen LogP contribution in [0.4, 0.5) is 4.79 Å². The van der Waals surface area contributed by atoms with Crippen LogP contribution in [0, 0.1) is 0 Å². The van der Waals surface area contributed by atoms with Gasteiger partial charge in [0.15, 0.2) is 0 Å². The van der Waals surface area contributed by atoms with Crippen LogP contribution in [0.3, 0.4) is 0 Å². The van der Waals surface area contributed by atoms with Gasteiger partial charge in [0, 0.05) is 19.1 Å². The number of amides is 2. The molecule has 0 spiro atoms. The Kier molecular flexibility index (Phi) is 5.42. The minimum absolute atomic E-state index is 0.0148. The lowest BCUT2D eigenvalue weighted by Gasteiger charge is -2.31. The summed E-state index contributed by atoms with van der Waals surface area (Å²) in [5.74, 6) is 0. The molecule has 1 heterocycles. The van der Waals surface area contributed by atoms with Crippen molar-refractivity contribution >= 4 is 16.1 Å². The highest BCUT2D eigenvalue weighted by atomic mass is 32.2. The third-order valence-electron chi connectivity index (χ3n) is 3.91. The Bertz CT molecular complexity index is 596. The zero-order valence-corrected chi connectivity index (χ0v) is 13.8. The minimum Gasteiger partial charge on any atom is -0.335 e. The Morgan fingerprint density at radius 3 is 2.36 bits per heavy atom. The van der Waals surface area contributed by atoms with E-state index in [4.69, 9.17) is 0 Å². The van der Waals surface area contributed by atoms with Gasteiger partial charge in [0.1, 0.15) is 0 Å². The van der Waals surface area contributed by atoms with Crippen LogP contribution in [0.15, 0.2) is 30.3 Å². The van der Waals surface area contributed by atoms with Crippen molar-refractivity contribution in [2.75, 3.05) is 19.3 Å². The lowest BCUT2D eigenvalue weighted by Crippen LogP contribution is -2.49. The van der Waals surface area contributed by atoms with Crippen molar-refractivity contribution in [2.45, 2.75) is 31.8 Å². The standard InChI is InChI=1S/C15H23N3O3S/c1-12(13-6-4-3-5-7-13)16-15(19)17-14-8-10-18(11-9-14)22(2,20)21/h3-7,12,14H,8-11H2,1-2H3,(H2,16,17,19). The second-order valence-electron chi connectivity index (χ2n) is 5.69. The molecule has 0 aliphatic carbocycles. The van der Waals surface area contributed by atoms with Crippen molar-refractivity contribution in [1.29, 1.82) is 0 Å². The molecule has 2 N–H and O–H groups in total. The van der Waals surface area contributed by atoms with E-state index in [0.29, 0.717) is 25.9 Å². The van der Waals surface area contributed by atoms with Crippen LogP contribution in [0.25, 0.3) is 0 Å². The molecule has 2 amide bonds. The van der Waals surface area contributed by atoms with Crippen LogP contribution in [0.1, 0.15) is 31.4 Å². The van der Waals surface area contributed by atoms with Crippen molar-refractivity contribution in [2.24, 2.45) is 0 Å². The fourth-order valence-corrected chi connectivity index (χ4v) is 3.45. The molecule has 122 valence electrons. The third kappa shape index (κ3) is 4.71. The average Bonchev–Trinajstić information content (AvgIpc) is 2.47. The molecule has 1 aromatic rings. The number of carbonyl (C=O) groups excluding carboxylic acids is 1. The van der Waals surface area contributed by atoms with Crippen LogP contribution in [-0.2, 0) is 10.0 Å².